The van der Waals surface area contributed by atoms with Crippen molar-refractivity contribution in [2.75, 3.05) is 6.54 Å². The second-order valence-electron chi connectivity index (χ2n) is 6.62. The summed E-state index contributed by atoms with van der Waals surface area (Å²) in [4.78, 5) is 11.9. The van der Waals surface area contributed by atoms with Crippen LogP contribution < -0.4 is 10.6 Å². The van der Waals surface area contributed by atoms with E-state index in [1.807, 2.05) is 0 Å². The summed E-state index contributed by atoms with van der Waals surface area (Å²) in [6, 6.07) is 0.399. The first-order valence-corrected chi connectivity index (χ1v) is 7.64. The molecule has 2 fully saturated rings. The number of piperidine rings is 1. The van der Waals surface area contributed by atoms with Crippen molar-refractivity contribution in [2.24, 2.45) is 5.92 Å². The fraction of sp³-hybridized carbons (Fsp3) is 0.933. The lowest BCUT2D eigenvalue weighted by molar-refractivity contribution is -0.122. The monoisotopic (exact) mass is 252 g/mol. The average Bonchev–Trinajstić information content (AvgIpc) is 2.28. The summed E-state index contributed by atoms with van der Waals surface area (Å²) < 4.78 is 0. The third kappa shape index (κ3) is 3.71. The molecular weight excluding hydrogens is 224 g/mol. The van der Waals surface area contributed by atoms with Crippen LogP contribution in [-0.4, -0.2) is 24.0 Å². The van der Waals surface area contributed by atoms with Gasteiger partial charge in [0.05, 0.1) is 0 Å². The molecule has 18 heavy (non-hydrogen) atoms. The Labute approximate surface area is 111 Å². The predicted molar refractivity (Wildman–Crippen MR) is 74.4 cm³/mol. The molecule has 2 N–H and O–H groups in total. The van der Waals surface area contributed by atoms with Gasteiger partial charge in [-0.2, -0.15) is 0 Å². The van der Waals surface area contributed by atoms with E-state index in [4.69, 9.17) is 0 Å². The highest BCUT2D eigenvalue weighted by Gasteiger charge is 2.37. The fourth-order valence-corrected chi connectivity index (χ4v) is 3.55. The number of nitrogens with one attached hydrogen (secondary N) is 2. The Morgan fingerprint density at radius 3 is 2.72 bits per heavy atom. The smallest absolute Gasteiger partial charge is 0.220 e. The van der Waals surface area contributed by atoms with E-state index in [1.54, 1.807) is 0 Å². The Kier molecular flexibility index (Phi) is 4.66. The largest absolute Gasteiger partial charge is 0.353 e. The Bertz CT molecular complexity index is 277. The number of rotatable bonds is 3. The molecule has 3 heteroatoms. The van der Waals surface area contributed by atoms with Crippen LogP contribution in [0.2, 0.25) is 0 Å². The first kappa shape index (κ1) is 13.9. The second-order valence-corrected chi connectivity index (χ2v) is 6.62. The molecule has 3 nitrogen and oxygen atoms in total. The summed E-state index contributed by atoms with van der Waals surface area (Å²) in [5.41, 5.74) is 0.340. The van der Waals surface area contributed by atoms with E-state index >= 15 is 0 Å². The molecule has 2 rings (SSSR count). The van der Waals surface area contributed by atoms with E-state index in [0.717, 1.165) is 19.4 Å². The number of carbonyl (C=O) groups excluding carboxylic acids is 1. The van der Waals surface area contributed by atoms with Gasteiger partial charge in [-0.3, -0.25) is 4.79 Å². The van der Waals surface area contributed by atoms with E-state index in [-0.39, 0.29) is 5.91 Å². The SMILES string of the molecule is CC(C)CC(=O)NC1CCNC2(CCCCC2)C1. The zero-order valence-corrected chi connectivity index (χ0v) is 11.9. The molecule has 1 spiro atoms. The third-order valence-corrected chi connectivity index (χ3v) is 4.40. The summed E-state index contributed by atoms with van der Waals surface area (Å²) in [5.74, 6) is 0.693. The molecule has 104 valence electrons. The zero-order chi connectivity index (χ0) is 13.0. The lowest BCUT2D eigenvalue weighted by Crippen LogP contribution is -2.57. The van der Waals surface area contributed by atoms with Gasteiger partial charge in [-0.25, -0.2) is 0 Å². The van der Waals surface area contributed by atoms with Crippen molar-refractivity contribution < 1.29 is 4.79 Å². The van der Waals surface area contributed by atoms with Gasteiger partial charge in [0.25, 0.3) is 0 Å². The van der Waals surface area contributed by atoms with Crippen LogP contribution in [0.25, 0.3) is 0 Å². The maximum Gasteiger partial charge on any atom is 0.220 e. The molecular formula is C15H28N2O. The third-order valence-electron chi connectivity index (χ3n) is 4.40. The van der Waals surface area contributed by atoms with Crippen LogP contribution in [0.4, 0.5) is 0 Å². The standard InChI is InChI=1S/C15H28N2O/c1-12(2)10-14(18)17-13-6-9-16-15(11-13)7-4-3-5-8-15/h12-13,16H,3-11H2,1-2H3,(H,17,18). The van der Waals surface area contributed by atoms with E-state index in [9.17, 15) is 4.79 Å². The number of hydrogen-bond acceptors (Lipinski definition) is 2. The number of amides is 1. The van der Waals surface area contributed by atoms with Crippen molar-refractivity contribution >= 4 is 5.91 Å². The van der Waals surface area contributed by atoms with Gasteiger partial charge in [0, 0.05) is 18.0 Å². The summed E-state index contributed by atoms with van der Waals surface area (Å²) in [6.45, 7) is 5.27. The van der Waals surface area contributed by atoms with Gasteiger partial charge < -0.3 is 10.6 Å². The molecule has 0 aromatic carbocycles. The minimum Gasteiger partial charge on any atom is -0.353 e. The van der Waals surface area contributed by atoms with Gasteiger partial charge in [0.15, 0.2) is 0 Å². The molecule has 1 atom stereocenters. The zero-order valence-electron chi connectivity index (χ0n) is 11.9. The molecule has 0 aromatic heterocycles. The van der Waals surface area contributed by atoms with E-state index < -0.39 is 0 Å². The predicted octanol–water partition coefficient (Wildman–Crippen LogP) is 2.60. The van der Waals surface area contributed by atoms with E-state index in [0.29, 0.717) is 23.9 Å². The minimum absolute atomic E-state index is 0.239. The van der Waals surface area contributed by atoms with Crippen molar-refractivity contribution in [3.05, 3.63) is 0 Å². The van der Waals surface area contributed by atoms with Gasteiger partial charge in [-0.05, 0) is 38.1 Å². The average molecular weight is 252 g/mol. The Morgan fingerprint density at radius 1 is 1.33 bits per heavy atom. The molecule has 1 saturated heterocycles. The van der Waals surface area contributed by atoms with Crippen LogP contribution in [0.1, 0.15) is 65.2 Å². The van der Waals surface area contributed by atoms with E-state index in [2.05, 4.69) is 24.5 Å². The quantitative estimate of drug-likeness (QED) is 0.810. The van der Waals surface area contributed by atoms with Gasteiger partial charge in [-0.1, -0.05) is 33.1 Å². The van der Waals surface area contributed by atoms with E-state index in [1.165, 1.54) is 32.1 Å². The Morgan fingerprint density at radius 2 is 2.06 bits per heavy atom. The highest BCUT2D eigenvalue weighted by molar-refractivity contribution is 5.76. The van der Waals surface area contributed by atoms with Gasteiger partial charge in [0.1, 0.15) is 0 Å². The second kappa shape index (κ2) is 6.05. The van der Waals surface area contributed by atoms with Crippen molar-refractivity contribution in [1.82, 2.24) is 10.6 Å². The van der Waals surface area contributed by atoms with Crippen molar-refractivity contribution in [2.45, 2.75) is 76.8 Å². The summed E-state index contributed by atoms with van der Waals surface area (Å²) in [5, 5.41) is 6.97. The first-order chi connectivity index (χ1) is 8.60. The minimum atomic E-state index is 0.239. The Balaban J connectivity index is 1.84. The molecule has 0 radical (unpaired) electrons. The van der Waals surface area contributed by atoms with Crippen molar-refractivity contribution in [1.29, 1.82) is 0 Å². The van der Waals surface area contributed by atoms with Crippen LogP contribution >= 0.6 is 0 Å². The van der Waals surface area contributed by atoms with Gasteiger partial charge in [0.2, 0.25) is 5.91 Å². The lowest BCUT2D eigenvalue weighted by Gasteiger charge is -2.44. The molecule has 0 bridgehead atoms. The lowest BCUT2D eigenvalue weighted by atomic mass is 9.75. The van der Waals surface area contributed by atoms with Gasteiger partial charge >= 0.3 is 0 Å². The molecule has 1 amide bonds. The van der Waals surface area contributed by atoms with Crippen molar-refractivity contribution in [3.63, 3.8) is 0 Å². The molecule has 1 unspecified atom stereocenters. The highest BCUT2D eigenvalue weighted by atomic mass is 16.1. The van der Waals surface area contributed by atoms with Crippen molar-refractivity contribution in [3.8, 4) is 0 Å². The summed E-state index contributed by atoms with van der Waals surface area (Å²) in [6.07, 6.45) is 9.56. The molecule has 1 aliphatic heterocycles. The number of hydrogen-bond donors (Lipinski definition) is 2. The molecule has 1 heterocycles. The summed E-state index contributed by atoms with van der Waals surface area (Å²) in [7, 11) is 0. The molecule has 1 aliphatic carbocycles. The maximum atomic E-state index is 11.9. The van der Waals surface area contributed by atoms with Crippen LogP contribution in [0.5, 0.6) is 0 Å². The van der Waals surface area contributed by atoms with Crippen LogP contribution in [0, 0.1) is 5.92 Å². The van der Waals surface area contributed by atoms with Gasteiger partial charge in [-0.15, -0.1) is 0 Å². The van der Waals surface area contributed by atoms with Crippen LogP contribution in [-0.2, 0) is 4.79 Å². The normalized spacial score (nSPS) is 27.4. The highest BCUT2D eigenvalue weighted by Crippen LogP contribution is 2.34. The molecule has 1 saturated carbocycles. The molecule has 0 aromatic rings. The first-order valence-electron chi connectivity index (χ1n) is 7.64. The Hall–Kier alpha value is -0.570. The fourth-order valence-electron chi connectivity index (χ4n) is 3.55. The maximum absolute atomic E-state index is 11.9. The van der Waals surface area contributed by atoms with Crippen LogP contribution in [0.3, 0.4) is 0 Å². The topological polar surface area (TPSA) is 41.1 Å². The van der Waals surface area contributed by atoms with Crippen LogP contribution in [0.15, 0.2) is 0 Å². The molecule has 2 aliphatic rings. The summed E-state index contributed by atoms with van der Waals surface area (Å²) >= 11 is 0. The number of carbonyl (C=O) groups is 1.